The second-order valence-electron chi connectivity index (χ2n) is 5.52. The third-order valence-electron chi connectivity index (χ3n) is 4.06. The number of carbonyl (C=O) groups excluding carboxylic acids is 3. The summed E-state index contributed by atoms with van der Waals surface area (Å²) in [5.41, 5.74) is 0. The van der Waals surface area contributed by atoms with Crippen molar-refractivity contribution in [2.45, 2.75) is 23.0 Å². The second-order valence-corrected chi connectivity index (χ2v) is 8.52. The van der Waals surface area contributed by atoms with E-state index in [1.165, 1.54) is 0 Å². The molecule has 3 saturated heterocycles. The molecule has 0 spiro atoms. The van der Waals surface area contributed by atoms with Crippen molar-refractivity contribution in [2.75, 3.05) is 19.0 Å². The molecule has 11 heteroatoms. The van der Waals surface area contributed by atoms with Crippen LogP contribution in [-0.2, 0) is 38.7 Å². The van der Waals surface area contributed by atoms with Gasteiger partial charge in [0.05, 0.1) is 11.2 Å². The van der Waals surface area contributed by atoms with E-state index in [-0.39, 0.29) is 22.4 Å². The molecule has 3 fully saturated rings. The van der Waals surface area contributed by atoms with Crippen molar-refractivity contribution >= 4 is 39.8 Å². The monoisotopic (exact) mass is 366 g/mol. The van der Waals surface area contributed by atoms with Gasteiger partial charge < -0.3 is 14.2 Å². The normalized spacial score (nSPS) is 34.3. The second kappa shape index (κ2) is 5.95. The number of hydrogen-bond donors (Lipinski definition) is 1. The Balaban J connectivity index is 1.45. The van der Waals surface area contributed by atoms with E-state index >= 15 is 0 Å². The van der Waals surface area contributed by atoms with Crippen molar-refractivity contribution in [1.82, 2.24) is 0 Å². The maximum atomic E-state index is 12.1. The molecule has 1 N–H and O–H groups in total. The summed E-state index contributed by atoms with van der Waals surface area (Å²) in [4.78, 5) is 35.0. The van der Waals surface area contributed by atoms with Crippen LogP contribution in [0.5, 0.6) is 0 Å². The highest BCUT2D eigenvalue weighted by molar-refractivity contribution is 8.01. The quantitative estimate of drug-likeness (QED) is 0.355. The van der Waals surface area contributed by atoms with E-state index < -0.39 is 53.0 Å². The summed E-state index contributed by atoms with van der Waals surface area (Å²) in [6, 6.07) is 0. The SMILES string of the molecule is O=C(COC(=O)C1C2OC(=O)C3C[C@@H]1SC32)OCCS(=O)(=O)O. The molecule has 2 bridgehead atoms. The van der Waals surface area contributed by atoms with E-state index in [4.69, 9.17) is 14.0 Å². The molecule has 0 aromatic rings. The van der Waals surface area contributed by atoms with Gasteiger partial charge in [-0.1, -0.05) is 0 Å². The smallest absolute Gasteiger partial charge is 0.344 e. The molecule has 0 aromatic carbocycles. The molecule has 5 atom stereocenters. The lowest BCUT2D eigenvalue weighted by Gasteiger charge is -2.21. The van der Waals surface area contributed by atoms with Gasteiger partial charge in [-0.25, -0.2) is 4.79 Å². The fourth-order valence-corrected chi connectivity index (χ4v) is 5.34. The zero-order chi connectivity index (χ0) is 16.8. The van der Waals surface area contributed by atoms with Gasteiger partial charge in [0, 0.05) is 5.25 Å². The van der Waals surface area contributed by atoms with Gasteiger partial charge in [0.15, 0.2) is 6.61 Å². The molecule has 3 aliphatic heterocycles. The average molecular weight is 366 g/mol. The minimum absolute atomic E-state index is 0.0215. The summed E-state index contributed by atoms with van der Waals surface area (Å²) < 4.78 is 44.0. The molecule has 0 radical (unpaired) electrons. The molecule has 3 heterocycles. The van der Waals surface area contributed by atoms with E-state index in [2.05, 4.69) is 4.74 Å². The molecule has 128 valence electrons. The lowest BCUT2D eigenvalue weighted by atomic mass is 9.82. The third-order valence-corrected chi connectivity index (χ3v) is 6.49. The average Bonchev–Trinajstić information content (AvgIpc) is 3.05. The van der Waals surface area contributed by atoms with Crippen LogP contribution in [0.25, 0.3) is 0 Å². The molecule has 3 rings (SSSR count). The topological polar surface area (TPSA) is 133 Å². The summed E-state index contributed by atoms with van der Waals surface area (Å²) in [5, 5.41) is -0.0729. The van der Waals surface area contributed by atoms with Crippen LogP contribution in [0.2, 0.25) is 0 Å². The number of thioether (sulfide) groups is 1. The molecule has 0 aliphatic carbocycles. The Hall–Kier alpha value is -1.33. The zero-order valence-corrected chi connectivity index (χ0v) is 13.4. The van der Waals surface area contributed by atoms with Gasteiger partial charge >= 0.3 is 17.9 Å². The van der Waals surface area contributed by atoms with Gasteiger partial charge in [0.25, 0.3) is 10.1 Å². The molecular formula is C12H14O9S2. The van der Waals surface area contributed by atoms with Gasteiger partial charge in [0.1, 0.15) is 24.4 Å². The summed E-state index contributed by atoms with van der Waals surface area (Å²) in [7, 11) is -4.22. The van der Waals surface area contributed by atoms with Crippen molar-refractivity contribution in [3.8, 4) is 0 Å². The molecule has 0 saturated carbocycles. The van der Waals surface area contributed by atoms with Crippen LogP contribution in [0.4, 0.5) is 0 Å². The fraction of sp³-hybridized carbons (Fsp3) is 0.750. The Labute approximate surface area is 135 Å². The van der Waals surface area contributed by atoms with E-state index in [9.17, 15) is 22.8 Å². The number of esters is 3. The molecule has 3 aliphatic rings. The maximum Gasteiger partial charge on any atom is 0.344 e. The Kier molecular flexibility index (Phi) is 4.27. The zero-order valence-electron chi connectivity index (χ0n) is 11.7. The highest BCUT2D eigenvalue weighted by Crippen LogP contribution is 2.57. The Morgan fingerprint density at radius 3 is 2.78 bits per heavy atom. The predicted octanol–water partition coefficient (Wildman–Crippen LogP) is -0.994. The van der Waals surface area contributed by atoms with Gasteiger partial charge in [-0.3, -0.25) is 14.1 Å². The Morgan fingerprint density at radius 2 is 2.09 bits per heavy atom. The van der Waals surface area contributed by atoms with Crippen LogP contribution in [-0.4, -0.2) is 66.4 Å². The largest absolute Gasteiger partial charge is 0.462 e. The molecular weight excluding hydrogens is 352 g/mol. The standard InChI is InChI=1S/C12H14O9S2/c13-7(19-1-2-23(16,17)18)4-20-12(15)8-6-3-5-10(22-6)9(8)21-11(5)14/h5-6,8-10H,1-4H2,(H,16,17,18)/t5?,6-,8?,9?,10?/m0/s1. The number of ether oxygens (including phenoxy) is 3. The first-order valence-corrected chi connectivity index (χ1v) is 9.45. The van der Waals surface area contributed by atoms with Crippen LogP contribution in [0.3, 0.4) is 0 Å². The van der Waals surface area contributed by atoms with Gasteiger partial charge in [-0.2, -0.15) is 8.42 Å². The lowest BCUT2D eigenvalue weighted by molar-refractivity contribution is -0.164. The highest BCUT2D eigenvalue weighted by Gasteiger charge is 2.65. The Bertz CT molecular complexity index is 643. The van der Waals surface area contributed by atoms with Crippen molar-refractivity contribution in [3.05, 3.63) is 0 Å². The first-order valence-electron chi connectivity index (χ1n) is 6.89. The third kappa shape index (κ3) is 3.31. The molecule has 0 amide bonds. The Morgan fingerprint density at radius 1 is 1.35 bits per heavy atom. The highest BCUT2D eigenvalue weighted by atomic mass is 32.2. The molecule has 9 nitrogen and oxygen atoms in total. The summed E-state index contributed by atoms with van der Waals surface area (Å²) >= 11 is 1.54. The number of rotatable bonds is 6. The maximum absolute atomic E-state index is 12.1. The van der Waals surface area contributed by atoms with Crippen molar-refractivity contribution < 1.29 is 41.6 Å². The van der Waals surface area contributed by atoms with E-state index in [0.717, 1.165) is 0 Å². The van der Waals surface area contributed by atoms with Gasteiger partial charge in [-0.05, 0) is 6.42 Å². The van der Waals surface area contributed by atoms with Crippen LogP contribution in [0.15, 0.2) is 0 Å². The van der Waals surface area contributed by atoms with Crippen molar-refractivity contribution in [2.24, 2.45) is 11.8 Å². The number of fused-ring (bicyclic) bond motifs is 1. The summed E-state index contributed by atoms with van der Waals surface area (Å²) in [6.07, 6.45) is 0.0720. The molecule has 4 unspecified atom stereocenters. The van der Waals surface area contributed by atoms with Crippen LogP contribution in [0, 0.1) is 11.8 Å². The van der Waals surface area contributed by atoms with Crippen LogP contribution < -0.4 is 0 Å². The summed E-state index contributed by atoms with van der Waals surface area (Å²) in [5.74, 6) is -3.29. The van der Waals surface area contributed by atoms with E-state index in [1.807, 2.05) is 0 Å². The predicted molar refractivity (Wildman–Crippen MR) is 75.0 cm³/mol. The lowest BCUT2D eigenvalue weighted by Crippen LogP contribution is -2.39. The minimum atomic E-state index is -4.22. The molecule has 0 aromatic heterocycles. The number of hydrogen-bond acceptors (Lipinski definition) is 9. The fourth-order valence-electron chi connectivity index (χ4n) is 3.10. The van der Waals surface area contributed by atoms with Gasteiger partial charge in [0.2, 0.25) is 0 Å². The summed E-state index contributed by atoms with van der Waals surface area (Å²) in [6.45, 7) is -1.19. The minimum Gasteiger partial charge on any atom is -0.462 e. The van der Waals surface area contributed by atoms with E-state index in [1.54, 1.807) is 11.8 Å². The van der Waals surface area contributed by atoms with E-state index in [0.29, 0.717) is 6.42 Å². The molecule has 23 heavy (non-hydrogen) atoms. The number of carbonyl (C=O) groups is 3. The first kappa shape index (κ1) is 16.5. The first-order chi connectivity index (χ1) is 10.8. The van der Waals surface area contributed by atoms with Crippen molar-refractivity contribution in [3.63, 3.8) is 0 Å². The van der Waals surface area contributed by atoms with Crippen LogP contribution in [0.1, 0.15) is 6.42 Å². The van der Waals surface area contributed by atoms with Gasteiger partial charge in [-0.15, -0.1) is 11.8 Å². The van der Waals surface area contributed by atoms with Crippen molar-refractivity contribution in [1.29, 1.82) is 0 Å². The van der Waals surface area contributed by atoms with Crippen LogP contribution >= 0.6 is 11.8 Å².